The van der Waals surface area contributed by atoms with Crippen molar-refractivity contribution < 1.29 is 13.9 Å². The van der Waals surface area contributed by atoms with E-state index in [1.807, 2.05) is 48.7 Å². The molecule has 1 saturated heterocycles. The molecule has 0 radical (unpaired) electrons. The molecule has 4 rings (SSSR count). The van der Waals surface area contributed by atoms with Crippen LogP contribution in [-0.2, 0) is 0 Å². The summed E-state index contributed by atoms with van der Waals surface area (Å²) in [5.41, 5.74) is 3.52. The summed E-state index contributed by atoms with van der Waals surface area (Å²) in [6.45, 7) is 5.09. The number of hydrogen-bond acceptors (Lipinski definition) is 4. The van der Waals surface area contributed by atoms with Gasteiger partial charge in [-0.15, -0.1) is 0 Å². The summed E-state index contributed by atoms with van der Waals surface area (Å²) in [6, 6.07) is 13.2. The van der Waals surface area contributed by atoms with Gasteiger partial charge in [0.15, 0.2) is 0 Å². The van der Waals surface area contributed by atoms with Gasteiger partial charge in [0.2, 0.25) is 0 Å². The Kier molecular flexibility index (Phi) is 6.92. The minimum atomic E-state index is -0.124. The molecule has 0 unspecified atom stereocenters. The number of rotatable bonds is 8. The van der Waals surface area contributed by atoms with Crippen molar-refractivity contribution in [3.63, 3.8) is 0 Å². The van der Waals surface area contributed by atoms with Gasteiger partial charge in [-0.25, -0.2) is 0 Å². The van der Waals surface area contributed by atoms with Crippen LogP contribution in [0.4, 0.5) is 5.69 Å². The Morgan fingerprint density at radius 3 is 2.65 bits per heavy atom. The van der Waals surface area contributed by atoms with Crippen LogP contribution in [-0.4, -0.2) is 37.6 Å². The van der Waals surface area contributed by atoms with Gasteiger partial charge in [0.25, 0.3) is 5.91 Å². The molecule has 31 heavy (non-hydrogen) atoms. The van der Waals surface area contributed by atoms with Crippen molar-refractivity contribution in [3.8, 4) is 5.75 Å². The molecular weight excluding hydrogens is 388 g/mol. The fourth-order valence-corrected chi connectivity index (χ4v) is 4.21. The Hall–Kier alpha value is -2.79. The van der Waals surface area contributed by atoms with Crippen molar-refractivity contribution >= 4 is 22.6 Å². The molecule has 5 nitrogen and oxygen atoms in total. The van der Waals surface area contributed by atoms with E-state index in [2.05, 4.69) is 24.2 Å². The standard InChI is InChI=1S/C26H32N2O3/c1-3-4-5-16-30-22-9-6-20(7-10-22)26(29)27-21-8-11-25-23(17-21)24(18-31-25)19-12-14-28(2)15-13-19/h6-11,17-19H,3-5,12-16H2,1-2H3,(H,27,29). The van der Waals surface area contributed by atoms with E-state index in [-0.39, 0.29) is 5.91 Å². The molecule has 1 aliphatic heterocycles. The molecule has 0 saturated carbocycles. The second-order valence-corrected chi connectivity index (χ2v) is 8.51. The number of hydrogen-bond donors (Lipinski definition) is 1. The molecule has 1 aliphatic rings. The molecule has 1 amide bonds. The number of unbranched alkanes of at least 4 members (excludes halogenated alkanes) is 2. The molecule has 1 N–H and O–H groups in total. The van der Waals surface area contributed by atoms with Gasteiger partial charge >= 0.3 is 0 Å². The van der Waals surface area contributed by atoms with Gasteiger partial charge in [0.05, 0.1) is 12.9 Å². The number of benzene rings is 2. The number of likely N-dealkylation sites (tertiary alicyclic amines) is 1. The first-order chi connectivity index (χ1) is 15.1. The Bertz CT molecular complexity index is 1000. The first-order valence-electron chi connectivity index (χ1n) is 11.4. The maximum absolute atomic E-state index is 12.7. The summed E-state index contributed by atoms with van der Waals surface area (Å²) in [5.74, 6) is 1.18. The van der Waals surface area contributed by atoms with E-state index in [4.69, 9.17) is 9.15 Å². The number of amides is 1. The number of furan rings is 1. The van der Waals surface area contributed by atoms with Gasteiger partial charge in [-0.2, -0.15) is 0 Å². The molecule has 0 bridgehead atoms. The summed E-state index contributed by atoms with van der Waals surface area (Å²) in [6.07, 6.45) is 7.55. The first-order valence-corrected chi connectivity index (χ1v) is 11.4. The van der Waals surface area contributed by atoms with Crippen LogP contribution in [0.2, 0.25) is 0 Å². The summed E-state index contributed by atoms with van der Waals surface area (Å²) in [5, 5.41) is 4.13. The quantitative estimate of drug-likeness (QED) is 0.450. The summed E-state index contributed by atoms with van der Waals surface area (Å²) >= 11 is 0. The molecule has 1 fully saturated rings. The summed E-state index contributed by atoms with van der Waals surface area (Å²) in [7, 11) is 2.17. The van der Waals surface area contributed by atoms with Crippen molar-refractivity contribution in [3.05, 3.63) is 59.9 Å². The lowest BCUT2D eigenvalue weighted by Gasteiger charge is -2.28. The van der Waals surface area contributed by atoms with E-state index in [0.29, 0.717) is 18.1 Å². The Morgan fingerprint density at radius 1 is 1.13 bits per heavy atom. The van der Waals surface area contributed by atoms with Crippen LogP contribution in [0.3, 0.4) is 0 Å². The fourth-order valence-electron chi connectivity index (χ4n) is 4.21. The minimum Gasteiger partial charge on any atom is -0.494 e. The highest BCUT2D eigenvalue weighted by atomic mass is 16.5. The SMILES string of the molecule is CCCCCOc1ccc(C(=O)Nc2ccc3occ(C4CCN(C)CC4)c3c2)cc1. The largest absolute Gasteiger partial charge is 0.494 e. The van der Waals surface area contributed by atoms with E-state index in [9.17, 15) is 4.79 Å². The van der Waals surface area contributed by atoms with Gasteiger partial charge in [0.1, 0.15) is 11.3 Å². The van der Waals surface area contributed by atoms with Crippen molar-refractivity contribution in [1.82, 2.24) is 4.90 Å². The molecule has 2 aromatic carbocycles. The topological polar surface area (TPSA) is 54.7 Å². The molecule has 5 heteroatoms. The fraction of sp³-hybridized carbons (Fsp3) is 0.423. The van der Waals surface area contributed by atoms with Gasteiger partial charge in [0, 0.05) is 22.2 Å². The second kappa shape index (κ2) is 10.0. The molecule has 0 spiro atoms. The predicted octanol–water partition coefficient (Wildman–Crippen LogP) is 6.06. The number of ether oxygens (including phenoxy) is 1. The summed E-state index contributed by atoms with van der Waals surface area (Å²) in [4.78, 5) is 15.1. The van der Waals surface area contributed by atoms with Gasteiger partial charge in [-0.1, -0.05) is 19.8 Å². The van der Waals surface area contributed by atoms with E-state index in [1.165, 1.54) is 18.4 Å². The predicted molar refractivity (Wildman–Crippen MR) is 125 cm³/mol. The molecule has 1 aromatic heterocycles. The van der Waals surface area contributed by atoms with E-state index < -0.39 is 0 Å². The monoisotopic (exact) mass is 420 g/mol. The number of nitrogens with zero attached hydrogens (tertiary/aromatic N) is 1. The minimum absolute atomic E-state index is 0.124. The van der Waals surface area contributed by atoms with E-state index >= 15 is 0 Å². The third-order valence-corrected chi connectivity index (χ3v) is 6.15. The van der Waals surface area contributed by atoms with Crippen LogP contribution in [0.15, 0.2) is 53.1 Å². The maximum atomic E-state index is 12.7. The smallest absolute Gasteiger partial charge is 0.255 e. The third-order valence-electron chi connectivity index (χ3n) is 6.15. The molecule has 2 heterocycles. The average molecular weight is 421 g/mol. The molecule has 0 atom stereocenters. The lowest BCUT2D eigenvalue weighted by atomic mass is 9.89. The Balaban J connectivity index is 1.42. The number of piperidine rings is 1. The zero-order valence-electron chi connectivity index (χ0n) is 18.5. The number of carbonyl (C=O) groups excluding carboxylic acids is 1. The molecule has 164 valence electrons. The Labute approximate surface area is 184 Å². The van der Waals surface area contributed by atoms with Crippen LogP contribution in [0.25, 0.3) is 11.0 Å². The van der Waals surface area contributed by atoms with Crippen molar-refractivity contribution in [2.45, 2.75) is 44.9 Å². The zero-order valence-corrected chi connectivity index (χ0v) is 18.5. The first kappa shape index (κ1) is 21.4. The second-order valence-electron chi connectivity index (χ2n) is 8.51. The van der Waals surface area contributed by atoms with Crippen LogP contribution in [0, 0.1) is 0 Å². The molecule has 0 aliphatic carbocycles. The molecule has 3 aromatic rings. The molecular formula is C26H32N2O3. The third kappa shape index (κ3) is 5.28. The Morgan fingerprint density at radius 2 is 1.90 bits per heavy atom. The normalized spacial score (nSPS) is 15.3. The highest BCUT2D eigenvalue weighted by molar-refractivity contribution is 6.05. The maximum Gasteiger partial charge on any atom is 0.255 e. The van der Waals surface area contributed by atoms with E-state index in [0.717, 1.165) is 54.8 Å². The van der Waals surface area contributed by atoms with Crippen molar-refractivity contribution in [2.75, 3.05) is 32.1 Å². The van der Waals surface area contributed by atoms with E-state index in [1.54, 1.807) is 0 Å². The van der Waals surface area contributed by atoms with Crippen molar-refractivity contribution in [2.24, 2.45) is 0 Å². The van der Waals surface area contributed by atoms with Gasteiger partial charge in [-0.3, -0.25) is 4.79 Å². The van der Waals surface area contributed by atoms with Gasteiger partial charge in [-0.05, 0) is 87.8 Å². The van der Waals surface area contributed by atoms with Crippen LogP contribution in [0.5, 0.6) is 5.75 Å². The number of nitrogens with one attached hydrogen (secondary N) is 1. The highest BCUT2D eigenvalue weighted by Crippen LogP contribution is 2.35. The number of carbonyl (C=O) groups is 1. The zero-order chi connectivity index (χ0) is 21.6. The van der Waals surface area contributed by atoms with Crippen LogP contribution in [0.1, 0.15) is 60.9 Å². The van der Waals surface area contributed by atoms with Crippen LogP contribution < -0.4 is 10.1 Å². The van der Waals surface area contributed by atoms with Crippen LogP contribution >= 0.6 is 0 Å². The lowest BCUT2D eigenvalue weighted by molar-refractivity contribution is 0.102. The van der Waals surface area contributed by atoms with Crippen molar-refractivity contribution in [1.29, 1.82) is 0 Å². The summed E-state index contributed by atoms with van der Waals surface area (Å²) < 4.78 is 11.5. The highest BCUT2D eigenvalue weighted by Gasteiger charge is 2.22. The van der Waals surface area contributed by atoms with Gasteiger partial charge < -0.3 is 19.4 Å². The number of anilines is 1. The lowest BCUT2D eigenvalue weighted by Crippen LogP contribution is -2.29. The number of fused-ring (bicyclic) bond motifs is 1. The average Bonchev–Trinajstić information content (AvgIpc) is 3.21.